The van der Waals surface area contributed by atoms with Gasteiger partial charge in [0, 0.05) is 18.3 Å². The average molecular weight is 352 g/mol. The molecule has 7 nitrogen and oxygen atoms in total. The summed E-state index contributed by atoms with van der Waals surface area (Å²) in [5.41, 5.74) is 2.76. The molecule has 0 radical (unpaired) electrons. The minimum atomic E-state index is -0.147. The number of rotatable bonds is 6. The average Bonchev–Trinajstić information content (AvgIpc) is 3.30. The largest absolute Gasteiger partial charge is 0.454 e. The molecule has 0 bridgehead atoms. The molecular formula is C19H20N4O3. The Hall–Kier alpha value is -3.09. The summed E-state index contributed by atoms with van der Waals surface area (Å²) in [6, 6.07) is 7.58. The van der Waals surface area contributed by atoms with Gasteiger partial charge < -0.3 is 14.8 Å². The number of unbranched alkanes of at least 4 members (excludes halogenated alkanes) is 2. The Morgan fingerprint density at radius 1 is 1.23 bits per heavy atom. The molecule has 1 aliphatic rings. The maximum atomic E-state index is 12.4. The molecule has 0 aliphatic carbocycles. The molecule has 1 N–H and O–H groups in total. The van der Waals surface area contributed by atoms with Crippen LogP contribution in [0.15, 0.2) is 36.7 Å². The van der Waals surface area contributed by atoms with Gasteiger partial charge in [0.15, 0.2) is 17.1 Å². The van der Waals surface area contributed by atoms with Crippen molar-refractivity contribution < 1.29 is 14.3 Å². The maximum Gasteiger partial charge on any atom is 0.256 e. The van der Waals surface area contributed by atoms with Crippen LogP contribution in [0.3, 0.4) is 0 Å². The van der Waals surface area contributed by atoms with Crippen LogP contribution in [-0.4, -0.2) is 33.8 Å². The fourth-order valence-electron chi connectivity index (χ4n) is 3.00. The lowest BCUT2D eigenvalue weighted by Gasteiger charge is -2.06. The van der Waals surface area contributed by atoms with Gasteiger partial charge in [-0.1, -0.05) is 19.8 Å². The van der Waals surface area contributed by atoms with E-state index in [-0.39, 0.29) is 12.7 Å². The molecule has 0 saturated heterocycles. The lowest BCUT2D eigenvalue weighted by atomic mass is 10.1. The molecule has 26 heavy (non-hydrogen) atoms. The van der Waals surface area contributed by atoms with Gasteiger partial charge in [-0.3, -0.25) is 4.79 Å². The Morgan fingerprint density at radius 2 is 2.12 bits per heavy atom. The first-order chi connectivity index (χ1) is 12.8. The Labute approximate surface area is 151 Å². The maximum absolute atomic E-state index is 12.4. The Kier molecular flexibility index (Phi) is 4.43. The molecular weight excluding hydrogens is 332 g/mol. The fraction of sp³-hybridized carbons (Fsp3) is 0.316. The molecule has 0 saturated carbocycles. The number of hydrogen-bond acceptors (Lipinski definition) is 5. The summed E-state index contributed by atoms with van der Waals surface area (Å²) in [4.78, 5) is 16.8. The number of carbonyl (C=O) groups is 1. The summed E-state index contributed by atoms with van der Waals surface area (Å²) >= 11 is 0. The van der Waals surface area contributed by atoms with E-state index in [0.29, 0.717) is 23.5 Å². The second-order valence-electron chi connectivity index (χ2n) is 6.15. The van der Waals surface area contributed by atoms with Gasteiger partial charge in [-0.15, -0.1) is 0 Å². The standard InChI is InChI=1S/C19H20N4O3/c1-2-3-4-8-21-19(24)14-11-22-23-15(7-9-20-18(14)23)13-5-6-16-17(10-13)26-12-25-16/h5-7,9-11H,2-4,8,12H2,1H3,(H,21,24). The van der Waals surface area contributed by atoms with Gasteiger partial charge in [-0.2, -0.15) is 5.10 Å². The molecule has 3 aromatic rings. The van der Waals surface area contributed by atoms with Gasteiger partial charge >= 0.3 is 0 Å². The highest BCUT2D eigenvalue weighted by atomic mass is 16.7. The van der Waals surface area contributed by atoms with E-state index in [4.69, 9.17) is 9.47 Å². The van der Waals surface area contributed by atoms with Crippen molar-refractivity contribution in [2.75, 3.05) is 13.3 Å². The summed E-state index contributed by atoms with van der Waals surface area (Å²) in [5.74, 6) is 1.28. The molecule has 0 unspecified atom stereocenters. The number of carbonyl (C=O) groups excluding carboxylic acids is 1. The van der Waals surface area contributed by atoms with Gasteiger partial charge in [0.25, 0.3) is 5.91 Å². The molecule has 1 amide bonds. The number of hydrogen-bond donors (Lipinski definition) is 1. The van der Waals surface area contributed by atoms with E-state index in [0.717, 1.165) is 36.3 Å². The van der Waals surface area contributed by atoms with Crippen LogP contribution < -0.4 is 14.8 Å². The number of nitrogens with zero attached hydrogens (tertiary/aromatic N) is 3. The molecule has 4 rings (SSSR count). The summed E-state index contributed by atoms with van der Waals surface area (Å²) in [5, 5.41) is 7.31. The minimum Gasteiger partial charge on any atom is -0.454 e. The van der Waals surface area contributed by atoms with E-state index in [1.54, 1.807) is 16.9 Å². The van der Waals surface area contributed by atoms with Crippen molar-refractivity contribution in [1.82, 2.24) is 19.9 Å². The third-order valence-corrected chi connectivity index (χ3v) is 4.38. The Bertz CT molecular complexity index is 951. The normalized spacial score (nSPS) is 12.5. The first-order valence-electron chi connectivity index (χ1n) is 8.79. The number of aromatic nitrogens is 3. The second-order valence-corrected chi connectivity index (χ2v) is 6.15. The number of fused-ring (bicyclic) bond motifs is 2. The number of amides is 1. The van der Waals surface area contributed by atoms with E-state index in [1.807, 2.05) is 24.3 Å². The van der Waals surface area contributed by atoms with Crippen LogP contribution in [0.1, 0.15) is 36.5 Å². The topological polar surface area (TPSA) is 77.8 Å². The summed E-state index contributed by atoms with van der Waals surface area (Å²) in [7, 11) is 0. The number of benzene rings is 1. The van der Waals surface area contributed by atoms with E-state index < -0.39 is 0 Å². The molecule has 7 heteroatoms. The van der Waals surface area contributed by atoms with E-state index in [2.05, 4.69) is 22.3 Å². The molecule has 1 aromatic carbocycles. The summed E-state index contributed by atoms with van der Waals surface area (Å²) in [6.45, 7) is 3.02. The highest BCUT2D eigenvalue weighted by molar-refractivity contribution is 5.99. The van der Waals surface area contributed by atoms with Crippen LogP contribution in [0.5, 0.6) is 11.5 Å². The quantitative estimate of drug-likeness (QED) is 0.690. The second kappa shape index (κ2) is 7.03. The van der Waals surface area contributed by atoms with Crippen LogP contribution in [0.4, 0.5) is 0 Å². The minimum absolute atomic E-state index is 0.147. The zero-order valence-corrected chi connectivity index (χ0v) is 14.6. The zero-order chi connectivity index (χ0) is 17.9. The van der Waals surface area contributed by atoms with Crippen molar-refractivity contribution >= 4 is 11.6 Å². The third-order valence-electron chi connectivity index (χ3n) is 4.38. The van der Waals surface area contributed by atoms with E-state index in [1.165, 1.54) is 0 Å². The predicted octanol–water partition coefficient (Wildman–Crippen LogP) is 3.05. The SMILES string of the molecule is CCCCCNC(=O)c1cnn2c(-c3ccc4c(c3)OCO4)ccnc12. The molecule has 2 aromatic heterocycles. The van der Waals surface area contributed by atoms with Gasteiger partial charge in [0.05, 0.1) is 11.9 Å². The van der Waals surface area contributed by atoms with Gasteiger partial charge in [-0.25, -0.2) is 9.50 Å². The molecule has 0 spiro atoms. The van der Waals surface area contributed by atoms with Crippen LogP contribution in [0.25, 0.3) is 16.9 Å². The van der Waals surface area contributed by atoms with Gasteiger partial charge in [0.2, 0.25) is 6.79 Å². The lowest BCUT2D eigenvalue weighted by molar-refractivity contribution is 0.0954. The summed E-state index contributed by atoms with van der Waals surface area (Å²) in [6.07, 6.45) is 6.44. The first-order valence-corrected chi connectivity index (χ1v) is 8.79. The van der Waals surface area contributed by atoms with Gasteiger partial charge in [0.1, 0.15) is 5.56 Å². The lowest BCUT2D eigenvalue weighted by Crippen LogP contribution is -2.24. The first kappa shape index (κ1) is 16.4. The van der Waals surface area contributed by atoms with E-state index in [9.17, 15) is 4.79 Å². The van der Waals surface area contributed by atoms with Crippen molar-refractivity contribution in [3.05, 3.63) is 42.2 Å². The number of nitrogens with one attached hydrogen (secondary N) is 1. The third kappa shape index (κ3) is 2.96. The Balaban J connectivity index is 1.64. The molecule has 134 valence electrons. The van der Waals surface area contributed by atoms with Crippen LogP contribution in [0, 0.1) is 0 Å². The highest BCUT2D eigenvalue weighted by Gasteiger charge is 2.18. The van der Waals surface area contributed by atoms with Crippen molar-refractivity contribution in [3.8, 4) is 22.8 Å². The molecule has 3 heterocycles. The van der Waals surface area contributed by atoms with Crippen molar-refractivity contribution in [2.45, 2.75) is 26.2 Å². The highest BCUT2D eigenvalue weighted by Crippen LogP contribution is 2.35. The monoisotopic (exact) mass is 352 g/mol. The molecule has 0 fully saturated rings. The smallest absolute Gasteiger partial charge is 0.256 e. The zero-order valence-electron chi connectivity index (χ0n) is 14.6. The summed E-state index contributed by atoms with van der Waals surface area (Å²) < 4.78 is 12.5. The van der Waals surface area contributed by atoms with Crippen molar-refractivity contribution in [3.63, 3.8) is 0 Å². The van der Waals surface area contributed by atoms with Crippen LogP contribution in [0.2, 0.25) is 0 Å². The molecule has 1 aliphatic heterocycles. The van der Waals surface area contributed by atoms with Crippen molar-refractivity contribution in [1.29, 1.82) is 0 Å². The van der Waals surface area contributed by atoms with Crippen LogP contribution >= 0.6 is 0 Å². The Morgan fingerprint density at radius 3 is 3.00 bits per heavy atom. The predicted molar refractivity (Wildman–Crippen MR) is 96.4 cm³/mol. The molecule has 0 atom stereocenters. The fourth-order valence-corrected chi connectivity index (χ4v) is 3.00. The van der Waals surface area contributed by atoms with Crippen LogP contribution in [-0.2, 0) is 0 Å². The van der Waals surface area contributed by atoms with Crippen molar-refractivity contribution in [2.24, 2.45) is 0 Å². The van der Waals surface area contributed by atoms with Gasteiger partial charge in [-0.05, 0) is 30.7 Å². The number of ether oxygens (including phenoxy) is 2. The van der Waals surface area contributed by atoms with E-state index >= 15 is 0 Å².